The lowest BCUT2D eigenvalue weighted by atomic mass is 9.78. The molecule has 1 aliphatic heterocycles. The van der Waals surface area contributed by atoms with Crippen LogP contribution < -0.4 is 0 Å². The minimum Gasteiger partial charge on any atom is -0.393 e. The SMILES string of the molecule is CCC1CCC(O)C(CN2CCSC(CC)C2)C1. The van der Waals surface area contributed by atoms with Crippen molar-refractivity contribution in [3.8, 4) is 0 Å². The Hall–Kier alpha value is 0.270. The molecule has 0 radical (unpaired) electrons. The van der Waals surface area contributed by atoms with E-state index >= 15 is 0 Å². The standard InChI is InChI=1S/C15H29NOS/c1-3-12-5-6-15(17)13(9-12)10-16-7-8-18-14(4-2)11-16/h12-15,17H,3-11H2,1-2H3. The van der Waals surface area contributed by atoms with Crippen LogP contribution in [-0.2, 0) is 0 Å². The number of hydrogen-bond acceptors (Lipinski definition) is 3. The third-order valence-electron chi connectivity index (χ3n) is 4.80. The van der Waals surface area contributed by atoms with Crippen molar-refractivity contribution < 1.29 is 5.11 Å². The first kappa shape index (κ1) is 14.7. The highest BCUT2D eigenvalue weighted by atomic mass is 32.2. The summed E-state index contributed by atoms with van der Waals surface area (Å²) in [5.74, 6) is 2.67. The summed E-state index contributed by atoms with van der Waals surface area (Å²) >= 11 is 2.13. The number of nitrogens with zero attached hydrogens (tertiary/aromatic N) is 1. The summed E-state index contributed by atoms with van der Waals surface area (Å²) in [5, 5.41) is 11.0. The van der Waals surface area contributed by atoms with E-state index in [4.69, 9.17) is 0 Å². The molecule has 4 atom stereocenters. The summed E-state index contributed by atoms with van der Waals surface area (Å²) in [7, 11) is 0. The summed E-state index contributed by atoms with van der Waals surface area (Å²) in [4.78, 5) is 2.61. The first-order valence-corrected chi connectivity index (χ1v) is 8.79. The lowest BCUT2D eigenvalue weighted by Crippen LogP contribution is -2.44. The molecule has 2 fully saturated rings. The Morgan fingerprint density at radius 2 is 2.06 bits per heavy atom. The van der Waals surface area contributed by atoms with Crippen molar-refractivity contribution in [2.75, 3.05) is 25.4 Å². The van der Waals surface area contributed by atoms with Gasteiger partial charge in [0, 0.05) is 30.6 Å². The molecule has 1 aliphatic carbocycles. The summed E-state index contributed by atoms with van der Waals surface area (Å²) < 4.78 is 0. The van der Waals surface area contributed by atoms with Gasteiger partial charge in [-0.15, -0.1) is 0 Å². The van der Waals surface area contributed by atoms with Gasteiger partial charge in [-0.1, -0.05) is 20.3 Å². The fraction of sp³-hybridized carbons (Fsp3) is 1.00. The maximum atomic E-state index is 10.2. The van der Waals surface area contributed by atoms with Crippen LogP contribution in [0, 0.1) is 11.8 Å². The van der Waals surface area contributed by atoms with Gasteiger partial charge in [0.15, 0.2) is 0 Å². The number of rotatable bonds is 4. The summed E-state index contributed by atoms with van der Waals surface area (Å²) in [6.45, 7) is 8.19. The molecule has 2 aliphatic rings. The summed E-state index contributed by atoms with van der Waals surface area (Å²) in [6.07, 6.45) is 6.05. The number of thioether (sulfide) groups is 1. The van der Waals surface area contributed by atoms with Crippen LogP contribution in [0.25, 0.3) is 0 Å². The molecule has 0 amide bonds. The number of hydrogen-bond donors (Lipinski definition) is 1. The Morgan fingerprint density at radius 1 is 1.22 bits per heavy atom. The predicted octanol–water partition coefficient (Wildman–Crippen LogP) is 3.00. The Balaban J connectivity index is 1.83. The van der Waals surface area contributed by atoms with Crippen LogP contribution in [0.3, 0.4) is 0 Å². The average Bonchev–Trinajstić information content (AvgIpc) is 2.41. The van der Waals surface area contributed by atoms with E-state index in [-0.39, 0.29) is 6.10 Å². The normalized spacial score (nSPS) is 38.8. The summed E-state index contributed by atoms with van der Waals surface area (Å²) in [5.41, 5.74) is 0. The van der Waals surface area contributed by atoms with Crippen LogP contribution in [0.4, 0.5) is 0 Å². The smallest absolute Gasteiger partial charge is 0.0580 e. The Bertz CT molecular complexity index is 249. The third-order valence-corrected chi connectivity index (χ3v) is 6.17. The molecule has 106 valence electrons. The zero-order valence-electron chi connectivity index (χ0n) is 12.0. The largest absolute Gasteiger partial charge is 0.393 e. The quantitative estimate of drug-likeness (QED) is 0.850. The van der Waals surface area contributed by atoms with Crippen molar-refractivity contribution in [2.45, 2.75) is 57.3 Å². The van der Waals surface area contributed by atoms with Crippen molar-refractivity contribution in [1.29, 1.82) is 0 Å². The lowest BCUT2D eigenvalue weighted by molar-refractivity contribution is 0.0272. The predicted molar refractivity (Wildman–Crippen MR) is 80.1 cm³/mol. The van der Waals surface area contributed by atoms with Gasteiger partial charge >= 0.3 is 0 Å². The van der Waals surface area contributed by atoms with Gasteiger partial charge < -0.3 is 10.0 Å². The van der Waals surface area contributed by atoms with E-state index in [1.165, 1.54) is 44.5 Å². The molecule has 18 heavy (non-hydrogen) atoms. The van der Waals surface area contributed by atoms with Crippen LogP contribution in [0.2, 0.25) is 0 Å². The first-order chi connectivity index (χ1) is 8.72. The molecule has 0 aromatic heterocycles. The third kappa shape index (κ3) is 3.88. The topological polar surface area (TPSA) is 23.5 Å². The molecule has 1 saturated carbocycles. The van der Waals surface area contributed by atoms with E-state index in [2.05, 4.69) is 30.5 Å². The molecular formula is C15H29NOS. The highest BCUT2D eigenvalue weighted by Crippen LogP contribution is 2.32. The van der Waals surface area contributed by atoms with Crippen LogP contribution in [0.15, 0.2) is 0 Å². The van der Waals surface area contributed by atoms with Crippen LogP contribution in [-0.4, -0.2) is 46.7 Å². The Kier molecular flexibility index (Phi) is 5.84. The van der Waals surface area contributed by atoms with E-state index in [0.29, 0.717) is 5.92 Å². The minimum absolute atomic E-state index is 0.0394. The second-order valence-electron chi connectivity index (χ2n) is 6.08. The van der Waals surface area contributed by atoms with Crippen molar-refractivity contribution in [3.05, 3.63) is 0 Å². The zero-order valence-corrected chi connectivity index (χ0v) is 12.8. The highest BCUT2D eigenvalue weighted by Gasteiger charge is 2.31. The molecule has 1 N–H and O–H groups in total. The summed E-state index contributed by atoms with van der Waals surface area (Å²) in [6, 6.07) is 0. The number of aliphatic hydroxyl groups is 1. The molecular weight excluding hydrogens is 242 g/mol. The highest BCUT2D eigenvalue weighted by molar-refractivity contribution is 8.00. The van der Waals surface area contributed by atoms with E-state index in [0.717, 1.165) is 24.1 Å². The average molecular weight is 271 g/mol. The van der Waals surface area contributed by atoms with Gasteiger partial charge in [0.1, 0.15) is 0 Å². The molecule has 0 bridgehead atoms. The monoisotopic (exact) mass is 271 g/mol. The van der Waals surface area contributed by atoms with E-state index in [9.17, 15) is 5.11 Å². The van der Waals surface area contributed by atoms with Gasteiger partial charge in [-0.3, -0.25) is 0 Å². The van der Waals surface area contributed by atoms with Gasteiger partial charge in [-0.05, 0) is 37.5 Å². The second kappa shape index (κ2) is 7.16. The van der Waals surface area contributed by atoms with Crippen molar-refractivity contribution >= 4 is 11.8 Å². The molecule has 0 aromatic rings. The molecule has 0 aromatic carbocycles. The van der Waals surface area contributed by atoms with E-state index < -0.39 is 0 Å². The molecule has 3 heteroatoms. The van der Waals surface area contributed by atoms with Gasteiger partial charge in [-0.25, -0.2) is 0 Å². The molecule has 4 unspecified atom stereocenters. The molecule has 2 rings (SSSR count). The second-order valence-corrected chi connectivity index (χ2v) is 7.48. The Morgan fingerprint density at radius 3 is 2.78 bits per heavy atom. The lowest BCUT2D eigenvalue weighted by Gasteiger charge is -2.39. The minimum atomic E-state index is -0.0394. The van der Waals surface area contributed by atoms with Crippen molar-refractivity contribution in [2.24, 2.45) is 11.8 Å². The maximum absolute atomic E-state index is 10.2. The van der Waals surface area contributed by atoms with E-state index in [1.807, 2.05) is 0 Å². The maximum Gasteiger partial charge on any atom is 0.0580 e. The molecule has 1 heterocycles. The van der Waals surface area contributed by atoms with Gasteiger partial charge in [0.2, 0.25) is 0 Å². The first-order valence-electron chi connectivity index (χ1n) is 7.74. The fourth-order valence-corrected chi connectivity index (χ4v) is 4.69. The van der Waals surface area contributed by atoms with E-state index in [1.54, 1.807) is 0 Å². The van der Waals surface area contributed by atoms with Crippen LogP contribution >= 0.6 is 11.8 Å². The van der Waals surface area contributed by atoms with Gasteiger partial charge in [0.05, 0.1) is 6.10 Å². The molecule has 0 spiro atoms. The molecule has 1 saturated heterocycles. The van der Waals surface area contributed by atoms with Crippen LogP contribution in [0.5, 0.6) is 0 Å². The van der Waals surface area contributed by atoms with Gasteiger partial charge in [-0.2, -0.15) is 11.8 Å². The fourth-order valence-electron chi connectivity index (χ4n) is 3.44. The van der Waals surface area contributed by atoms with Crippen LogP contribution in [0.1, 0.15) is 46.0 Å². The van der Waals surface area contributed by atoms with Gasteiger partial charge in [0.25, 0.3) is 0 Å². The van der Waals surface area contributed by atoms with Crippen molar-refractivity contribution in [3.63, 3.8) is 0 Å². The van der Waals surface area contributed by atoms with Crippen molar-refractivity contribution in [1.82, 2.24) is 4.90 Å². The Labute approximate surface area is 117 Å². The molecule has 2 nitrogen and oxygen atoms in total. The number of aliphatic hydroxyl groups excluding tert-OH is 1. The zero-order chi connectivity index (χ0) is 13.0.